The second-order valence-electron chi connectivity index (χ2n) is 6.47. The number of carbonyl (C=O) groups is 1. The van der Waals surface area contributed by atoms with E-state index in [1.165, 1.54) is 18.3 Å². The molecule has 0 unspecified atom stereocenters. The number of nitrogens with one attached hydrogen (secondary N) is 2. The van der Waals surface area contributed by atoms with Crippen LogP contribution in [0.3, 0.4) is 0 Å². The van der Waals surface area contributed by atoms with E-state index in [9.17, 15) is 14.9 Å². The van der Waals surface area contributed by atoms with Crippen LogP contribution in [-0.4, -0.2) is 23.6 Å². The van der Waals surface area contributed by atoms with Gasteiger partial charge in [-0.25, -0.2) is 5.43 Å². The van der Waals surface area contributed by atoms with Crippen molar-refractivity contribution in [1.82, 2.24) is 5.43 Å². The highest BCUT2D eigenvalue weighted by Crippen LogP contribution is 2.28. The first-order valence-corrected chi connectivity index (χ1v) is 8.90. The first-order valence-electron chi connectivity index (χ1n) is 8.90. The van der Waals surface area contributed by atoms with Gasteiger partial charge in [-0.3, -0.25) is 14.9 Å². The van der Waals surface area contributed by atoms with Crippen LogP contribution < -0.4 is 10.7 Å². The smallest absolute Gasteiger partial charge is 0.270 e. The van der Waals surface area contributed by atoms with Gasteiger partial charge in [-0.05, 0) is 43.7 Å². The summed E-state index contributed by atoms with van der Waals surface area (Å²) in [6.07, 6.45) is 1.37. The van der Waals surface area contributed by atoms with E-state index in [0.29, 0.717) is 17.1 Å². The zero-order valence-corrected chi connectivity index (χ0v) is 16.0. The summed E-state index contributed by atoms with van der Waals surface area (Å²) in [4.78, 5) is 22.4. The van der Waals surface area contributed by atoms with E-state index in [0.717, 1.165) is 16.8 Å². The SMILES string of the molecule is Cc1ccc(NCC(=O)N/N=C\c2ccc(-c3cc([N+](=O)[O-])ccc3C)o2)cc1. The van der Waals surface area contributed by atoms with Crippen molar-refractivity contribution >= 4 is 23.5 Å². The molecule has 1 aromatic heterocycles. The molecule has 3 aromatic rings. The van der Waals surface area contributed by atoms with E-state index >= 15 is 0 Å². The quantitative estimate of drug-likeness (QED) is 0.358. The third kappa shape index (κ3) is 5.29. The Morgan fingerprint density at radius 2 is 1.90 bits per heavy atom. The molecule has 0 aliphatic heterocycles. The molecule has 1 amide bonds. The van der Waals surface area contributed by atoms with Crippen LogP contribution in [-0.2, 0) is 4.79 Å². The number of furan rings is 1. The monoisotopic (exact) mass is 392 g/mol. The van der Waals surface area contributed by atoms with Gasteiger partial charge < -0.3 is 9.73 Å². The molecule has 3 rings (SSSR count). The highest BCUT2D eigenvalue weighted by molar-refractivity contribution is 5.83. The lowest BCUT2D eigenvalue weighted by atomic mass is 10.1. The molecular weight excluding hydrogens is 372 g/mol. The fraction of sp³-hybridized carbons (Fsp3) is 0.143. The van der Waals surface area contributed by atoms with Gasteiger partial charge in [0, 0.05) is 23.4 Å². The molecule has 8 heteroatoms. The van der Waals surface area contributed by atoms with E-state index < -0.39 is 4.92 Å². The van der Waals surface area contributed by atoms with Crippen LogP contribution in [0, 0.1) is 24.0 Å². The molecule has 0 aliphatic carbocycles. The number of carbonyl (C=O) groups excluding carboxylic acids is 1. The van der Waals surface area contributed by atoms with Crippen LogP contribution in [0.1, 0.15) is 16.9 Å². The minimum atomic E-state index is -0.450. The van der Waals surface area contributed by atoms with Gasteiger partial charge in [0.2, 0.25) is 0 Å². The Bertz CT molecular complexity index is 1050. The van der Waals surface area contributed by atoms with Crippen molar-refractivity contribution in [3.63, 3.8) is 0 Å². The molecule has 29 heavy (non-hydrogen) atoms. The number of hydrogen-bond donors (Lipinski definition) is 2. The summed E-state index contributed by atoms with van der Waals surface area (Å²) in [6.45, 7) is 3.92. The topological polar surface area (TPSA) is 110 Å². The van der Waals surface area contributed by atoms with Gasteiger partial charge in [-0.1, -0.05) is 23.8 Å². The summed E-state index contributed by atoms with van der Waals surface area (Å²) in [7, 11) is 0. The molecule has 0 spiro atoms. The van der Waals surface area contributed by atoms with E-state index in [2.05, 4.69) is 15.8 Å². The zero-order chi connectivity index (χ0) is 20.8. The zero-order valence-electron chi connectivity index (χ0n) is 16.0. The van der Waals surface area contributed by atoms with Crippen LogP contribution in [0.5, 0.6) is 0 Å². The third-order valence-corrected chi connectivity index (χ3v) is 4.21. The number of hydrogen-bond acceptors (Lipinski definition) is 6. The Balaban J connectivity index is 1.58. The number of nitro groups is 1. The van der Waals surface area contributed by atoms with Crippen molar-refractivity contribution < 1.29 is 14.1 Å². The Morgan fingerprint density at radius 3 is 2.62 bits per heavy atom. The second kappa shape index (κ2) is 8.83. The molecule has 2 N–H and O–H groups in total. The van der Waals surface area contributed by atoms with Crippen LogP contribution in [0.25, 0.3) is 11.3 Å². The van der Waals surface area contributed by atoms with Crippen molar-refractivity contribution in [3.8, 4) is 11.3 Å². The first-order chi connectivity index (χ1) is 13.9. The standard InChI is InChI=1S/C21H20N4O4/c1-14-3-6-16(7-4-14)22-13-21(26)24-23-12-18-9-10-20(29-18)19-11-17(25(27)28)8-5-15(19)2/h3-12,22H,13H2,1-2H3,(H,24,26)/b23-12-. The van der Waals surface area contributed by atoms with E-state index in [-0.39, 0.29) is 18.1 Å². The molecule has 0 bridgehead atoms. The minimum absolute atomic E-state index is 0.00874. The largest absolute Gasteiger partial charge is 0.455 e. The maximum absolute atomic E-state index is 11.9. The molecule has 0 saturated carbocycles. The van der Waals surface area contributed by atoms with Crippen LogP contribution in [0.4, 0.5) is 11.4 Å². The minimum Gasteiger partial charge on any atom is -0.455 e. The average Bonchev–Trinajstić information content (AvgIpc) is 3.16. The van der Waals surface area contributed by atoms with E-state index in [1.54, 1.807) is 18.2 Å². The Morgan fingerprint density at radius 1 is 1.14 bits per heavy atom. The molecule has 0 radical (unpaired) electrons. The number of nitrogens with zero attached hydrogens (tertiary/aromatic N) is 2. The maximum Gasteiger partial charge on any atom is 0.270 e. The summed E-state index contributed by atoms with van der Waals surface area (Å²) in [5.74, 6) is 0.598. The van der Waals surface area contributed by atoms with Crippen molar-refractivity contribution in [2.45, 2.75) is 13.8 Å². The predicted molar refractivity (Wildman–Crippen MR) is 111 cm³/mol. The predicted octanol–water partition coefficient (Wildman–Crippen LogP) is 4.03. The van der Waals surface area contributed by atoms with Gasteiger partial charge in [-0.2, -0.15) is 5.10 Å². The fourth-order valence-corrected chi connectivity index (χ4v) is 2.62. The normalized spacial score (nSPS) is 10.8. The van der Waals surface area contributed by atoms with Crippen molar-refractivity contribution in [2.75, 3.05) is 11.9 Å². The van der Waals surface area contributed by atoms with Gasteiger partial charge in [0.1, 0.15) is 11.5 Å². The van der Waals surface area contributed by atoms with E-state index in [1.807, 2.05) is 38.1 Å². The molecule has 2 aromatic carbocycles. The number of nitro benzene ring substituents is 1. The maximum atomic E-state index is 11.9. The highest BCUT2D eigenvalue weighted by Gasteiger charge is 2.13. The third-order valence-electron chi connectivity index (χ3n) is 4.21. The lowest BCUT2D eigenvalue weighted by molar-refractivity contribution is -0.384. The first kappa shape index (κ1) is 19.8. The van der Waals surface area contributed by atoms with Gasteiger partial charge in [0.05, 0.1) is 17.7 Å². The second-order valence-corrected chi connectivity index (χ2v) is 6.47. The summed E-state index contributed by atoms with van der Waals surface area (Å²) in [5, 5.41) is 17.9. The summed E-state index contributed by atoms with van der Waals surface area (Å²) >= 11 is 0. The number of non-ortho nitro benzene ring substituents is 1. The number of anilines is 1. The Kier molecular flexibility index (Phi) is 6.03. The van der Waals surface area contributed by atoms with E-state index in [4.69, 9.17) is 4.42 Å². The van der Waals surface area contributed by atoms with Crippen LogP contribution >= 0.6 is 0 Å². The fourth-order valence-electron chi connectivity index (χ4n) is 2.62. The Hall–Kier alpha value is -3.94. The molecule has 8 nitrogen and oxygen atoms in total. The molecule has 0 saturated heterocycles. The molecule has 1 heterocycles. The highest BCUT2D eigenvalue weighted by atomic mass is 16.6. The van der Waals surface area contributed by atoms with Gasteiger partial charge in [0.25, 0.3) is 11.6 Å². The summed E-state index contributed by atoms with van der Waals surface area (Å²) in [5.41, 5.74) is 5.87. The number of rotatable bonds is 7. The molecule has 0 aliphatic rings. The van der Waals surface area contributed by atoms with Gasteiger partial charge >= 0.3 is 0 Å². The van der Waals surface area contributed by atoms with Crippen LogP contribution in [0.2, 0.25) is 0 Å². The lowest BCUT2D eigenvalue weighted by Crippen LogP contribution is -2.25. The summed E-state index contributed by atoms with van der Waals surface area (Å²) < 4.78 is 5.67. The van der Waals surface area contributed by atoms with Gasteiger partial charge in [-0.15, -0.1) is 0 Å². The van der Waals surface area contributed by atoms with Crippen molar-refractivity contribution in [1.29, 1.82) is 0 Å². The van der Waals surface area contributed by atoms with Crippen molar-refractivity contribution in [3.05, 3.63) is 81.6 Å². The van der Waals surface area contributed by atoms with Crippen molar-refractivity contribution in [2.24, 2.45) is 5.10 Å². The molecule has 0 atom stereocenters. The summed E-state index contributed by atoms with van der Waals surface area (Å²) in [6, 6.07) is 15.7. The lowest BCUT2D eigenvalue weighted by Gasteiger charge is -2.05. The number of aryl methyl sites for hydroxylation is 2. The Labute approximate surface area is 167 Å². The molecular formula is C21H20N4O4. The number of hydrazone groups is 1. The molecule has 148 valence electrons. The number of benzene rings is 2. The average molecular weight is 392 g/mol. The number of amides is 1. The van der Waals surface area contributed by atoms with Gasteiger partial charge in [0.15, 0.2) is 0 Å². The van der Waals surface area contributed by atoms with Crippen LogP contribution in [0.15, 0.2) is 64.1 Å². The molecule has 0 fully saturated rings.